The predicted octanol–water partition coefficient (Wildman–Crippen LogP) is 2.18. The summed E-state index contributed by atoms with van der Waals surface area (Å²) in [6, 6.07) is 8.64. The summed E-state index contributed by atoms with van der Waals surface area (Å²) in [6.45, 7) is 4.01. The fourth-order valence-corrected chi connectivity index (χ4v) is 3.18. The van der Waals surface area contributed by atoms with E-state index in [1.54, 1.807) is 11.3 Å². The maximum atomic E-state index is 5.71. The van der Waals surface area contributed by atoms with Crippen LogP contribution in [0.1, 0.15) is 10.4 Å². The molecule has 1 aromatic heterocycles. The van der Waals surface area contributed by atoms with E-state index >= 15 is 0 Å². The van der Waals surface area contributed by atoms with Crippen LogP contribution in [0.25, 0.3) is 0 Å². The molecule has 5 heteroatoms. The van der Waals surface area contributed by atoms with Gasteiger partial charge in [0.05, 0.1) is 6.54 Å². The van der Waals surface area contributed by atoms with Crippen molar-refractivity contribution in [1.82, 2.24) is 9.88 Å². The fourth-order valence-electron chi connectivity index (χ4n) is 2.48. The highest BCUT2D eigenvalue weighted by Crippen LogP contribution is 2.27. The highest BCUT2D eigenvalue weighted by molar-refractivity contribution is 7.15. The monoisotopic (exact) mass is 274 g/mol. The average Bonchev–Trinajstić information content (AvgIpc) is 2.73. The number of nitrogen functional groups attached to an aromatic ring is 1. The molecule has 1 aliphatic heterocycles. The van der Waals surface area contributed by atoms with Crippen LogP contribution in [0.3, 0.4) is 0 Å². The topological polar surface area (TPSA) is 45.4 Å². The SMILES string of the molecule is CN1CCN(Cc2cnc(N)s2)c2ccccc2C1. The van der Waals surface area contributed by atoms with Crippen LogP contribution < -0.4 is 10.6 Å². The van der Waals surface area contributed by atoms with Crippen molar-refractivity contribution < 1.29 is 0 Å². The maximum Gasteiger partial charge on any atom is 0.180 e. The number of aromatic nitrogens is 1. The summed E-state index contributed by atoms with van der Waals surface area (Å²) in [5.41, 5.74) is 8.43. The Balaban J connectivity index is 1.88. The largest absolute Gasteiger partial charge is 0.375 e. The molecule has 0 atom stereocenters. The lowest BCUT2D eigenvalue weighted by atomic mass is 10.1. The summed E-state index contributed by atoms with van der Waals surface area (Å²) in [7, 11) is 2.17. The number of rotatable bonds is 2. The Morgan fingerprint density at radius 2 is 2.16 bits per heavy atom. The van der Waals surface area contributed by atoms with Gasteiger partial charge in [-0.05, 0) is 18.7 Å². The third kappa shape index (κ3) is 2.72. The molecule has 100 valence electrons. The van der Waals surface area contributed by atoms with Crippen molar-refractivity contribution in [2.75, 3.05) is 30.8 Å². The number of thiazole rings is 1. The zero-order chi connectivity index (χ0) is 13.2. The lowest BCUT2D eigenvalue weighted by molar-refractivity contribution is 0.341. The van der Waals surface area contributed by atoms with E-state index in [0.29, 0.717) is 5.13 Å². The summed E-state index contributed by atoms with van der Waals surface area (Å²) >= 11 is 1.58. The van der Waals surface area contributed by atoms with E-state index in [9.17, 15) is 0 Å². The summed E-state index contributed by atoms with van der Waals surface area (Å²) in [6.07, 6.45) is 1.89. The number of fused-ring (bicyclic) bond motifs is 1. The van der Waals surface area contributed by atoms with Crippen LogP contribution in [0.4, 0.5) is 10.8 Å². The van der Waals surface area contributed by atoms with Crippen molar-refractivity contribution in [2.24, 2.45) is 0 Å². The Hall–Kier alpha value is -1.59. The second-order valence-corrected chi connectivity index (χ2v) is 6.10. The van der Waals surface area contributed by atoms with E-state index in [4.69, 9.17) is 5.73 Å². The quantitative estimate of drug-likeness (QED) is 0.911. The van der Waals surface area contributed by atoms with Crippen molar-refractivity contribution in [3.8, 4) is 0 Å². The van der Waals surface area contributed by atoms with Crippen LogP contribution in [-0.2, 0) is 13.1 Å². The van der Waals surface area contributed by atoms with Crippen molar-refractivity contribution >= 4 is 22.2 Å². The van der Waals surface area contributed by atoms with E-state index in [2.05, 4.69) is 46.1 Å². The predicted molar refractivity (Wildman–Crippen MR) is 80.4 cm³/mol. The molecule has 0 spiro atoms. The van der Waals surface area contributed by atoms with Gasteiger partial charge in [0.25, 0.3) is 0 Å². The van der Waals surface area contributed by atoms with E-state index < -0.39 is 0 Å². The number of hydrogen-bond donors (Lipinski definition) is 1. The van der Waals surface area contributed by atoms with Crippen molar-refractivity contribution in [3.63, 3.8) is 0 Å². The minimum Gasteiger partial charge on any atom is -0.375 e. The van der Waals surface area contributed by atoms with E-state index in [1.807, 2.05) is 6.20 Å². The Kier molecular flexibility index (Phi) is 3.40. The van der Waals surface area contributed by atoms with Gasteiger partial charge in [-0.15, -0.1) is 11.3 Å². The molecule has 0 aliphatic carbocycles. The molecule has 0 radical (unpaired) electrons. The lowest BCUT2D eigenvalue weighted by Crippen LogP contribution is -2.28. The number of hydrogen-bond acceptors (Lipinski definition) is 5. The second-order valence-electron chi connectivity index (χ2n) is 4.95. The number of anilines is 2. The molecule has 2 aromatic rings. The minimum absolute atomic E-state index is 0.648. The van der Waals surface area contributed by atoms with Crippen LogP contribution >= 0.6 is 11.3 Å². The molecule has 1 aromatic carbocycles. The maximum absolute atomic E-state index is 5.71. The normalized spacial score (nSPS) is 16.2. The van der Waals surface area contributed by atoms with Gasteiger partial charge in [0.2, 0.25) is 0 Å². The van der Waals surface area contributed by atoms with Gasteiger partial charge in [0.1, 0.15) is 0 Å². The molecule has 0 fully saturated rings. The van der Waals surface area contributed by atoms with Gasteiger partial charge >= 0.3 is 0 Å². The molecule has 2 heterocycles. The lowest BCUT2D eigenvalue weighted by Gasteiger charge is -2.23. The zero-order valence-electron chi connectivity index (χ0n) is 11.0. The molecule has 0 saturated heterocycles. The molecule has 2 N–H and O–H groups in total. The third-order valence-electron chi connectivity index (χ3n) is 3.44. The minimum atomic E-state index is 0.648. The van der Waals surface area contributed by atoms with Crippen LogP contribution in [0.5, 0.6) is 0 Å². The first-order valence-corrected chi connectivity index (χ1v) is 7.25. The van der Waals surface area contributed by atoms with E-state index in [-0.39, 0.29) is 0 Å². The van der Waals surface area contributed by atoms with E-state index in [0.717, 1.165) is 26.2 Å². The van der Waals surface area contributed by atoms with Crippen LogP contribution in [-0.4, -0.2) is 30.0 Å². The molecular formula is C14H18N4S. The van der Waals surface area contributed by atoms with Gasteiger partial charge < -0.3 is 15.5 Å². The smallest absolute Gasteiger partial charge is 0.180 e. The summed E-state index contributed by atoms with van der Waals surface area (Å²) in [4.78, 5) is 10.1. The highest BCUT2D eigenvalue weighted by atomic mass is 32.1. The van der Waals surface area contributed by atoms with Crippen molar-refractivity contribution in [1.29, 1.82) is 0 Å². The van der Waals surface area contributed by atoms with Crippen LogP contribution in [0.15, 0.2) is 30.5 Å². The Morgan fingerprint density at radius 3 is 2.95 bits per heavy atom. The highest BCUT2D eigenvalue weighted by Gasteiger charge is 2.18. The van der Waals surface area contributed by atoms with Gasteiger partial charge in [-0.1, -0.05) is 18.2 Å². The number of nitrogens with two attached hydrogens (primary N) is 1. The van der Waals surface area contributed by atoms with Crippen LogP contribution in [0, 0.1) is 0 Å². The van der Waals surface area contributed by atoms with Crippen LogP contribution in [0.2, 0.25) is 0 Å². The number of benzene rings is 1. The number of nitrogens with zero attached hydrogens (tertiary/aromatic N) is 3. The molecular weight excluding hydrogens is 256 g/mol. The van der Waals surface area contributed by atoms with Gasteiger partial charge in [-0.2, -0.15) is 0 Å². The Bertz CT molecular complexity index is 566. The molecule has 19 heavy (non-hydrogen) atoms. The van der Waals surface area contributed by atoms with Crippen molar-refractivity contribution in [2.45, 2.75) is 13.1 Å². The average molecular weight is 274 g/mol. The summed E-state index contributed by atoms with van der Waals surface area (Å²) < 4.78 is 0. The first kappa shape index (κ1) is 12.4. The molecule has 0 unspecified atom stereocenters. The van der Waals surface area contributed by atoms with Gasteiger partial charge in [0, 0.05) is 36.4 Å². The summed E-state index contributed by atoms with van der Waals surface area (Å²) in [5.74, 6) is 0. The first-order valence-electron chi connectivity index (χ1n) is 6.44. The molecule has 1 aliphatic rings. The summed E-state index contributed by atoms with van der Waals surface area (Å²) in [5, 5.41) is 0.648. The molecule has 4 nitrogen and oxygen atoms in total. The standard InChI is InChI=1S/C14H18N4S/c1-17-6-7-18(10-12-8-16-14(15)19-12)13-5-3-2-4-11(13)9-17/h2-5,8H,6-7,9-10H2,1H3,(H2,15,16). The van der Waals surface area contributed by atoms with Gasteiger partial charge in [-0.3, -0.25) is 0 Å². The fraction of sp³-hybridized carbons (Fsp3) is 0.357. The van der Waals surface area contributed by atoms with Crippen molar-refractivity contribution in [3.05, 3.63) is 40.9 Å². The second kappa shape index (κ2) is 5.19. The Labute approximate surface area is 117 Å². The molecule has 0 saturated carbocycles. The molecule has 3 rings (SSSR count). The number of likely N-dealkylation sites (N-methyl/N-ethyl adjacent to an activating group) is 1. The third-order valence-corrected chi connectivity index (χ3v) is 4.25. The number of para-hydroxylation sites is 1. The Morgan fingerprint density at radius 1 is 1.32 bits per heavy atom. The molecule has 0 amide bonds. The van der Waals surface area contributed by atoms with Gasteiger partial charge in [-0.25, -0.2) is 4.98 Å². The first-order chi connectivity index (χ1) is 9.22. The zero-order valence-corrected chi connectivity index (χ0v) is 11.9. The van der Waals surface area contributed by atoms with E-state index in [1.165, 1.54) is 16.1 Å². The molecule has 0 bridgehead atoms. The van der Waals surface area contributed by atoms with Gasteiger partial charge in [0.15, 0.2) is 5.13 Å².